The molecular weight excluding hydrogens is 210 g/mol. The fourth-order valence-electron chi connectivity index (χ4n) is 3.42. The predicted octanol–water partition coefficient (Wildman–Crippen LogP) is 3.54. The quantitative estimate of drug-likeness (QED) is 0.770. The molecule has 0 saturated heterocycles. The van der Waals surface area contributed by atoms with E-state index in [1.165, 1.54) is 19.3 Å². The van der Waals surface area contributed by atoms with Crippen LogP contribution in [-0.2, 0) is 4.79 Å². The summed E-state index contributed by atoms with van der Waals surface area (Å²) in [4.78, 5) is 12.8. The highest BCUT2D eigenvalue weighted by atomic mass is 16.1. The van der Waals surface area contributed by atoms with E-state index < -0.39 is 0 Å². The zero-order valence-electron chi connectivity index (χ0n) is 11.8. The predicted molar refractivity (Wildman–Crippen MR) is 72.8 cm³/mol. The minimum atomic E-state index is -0.241. The fraction of sp³-hybridized carbons (Fsp3) is 0.933. The lowest BCUT2D eigenvalue weighted by Crippen LogP contribution is -2.44. The minimum absolute atomic E-state index is 0.241. The van der Waals surface area contributed by atoms with Crippen LogP contribution in [0.2, 0.25) is 0 Å². The van der Waals surface area contributed by atoms with Gasteiger partial charge in [-0.1, -0.05) is 40.0 Å². The van der Waals surface area contributed by atoms with Gasteiger partial charge in [-0.25, -0.2) is 0 Å². The van der Waals surface area contributed by atoms with E-state index in [0.29, 0.717) is 18.2 Å². The summed E-state index contributed by atoms with van der Waals surface area (Å²) < 4.78 is 0. The Labute approximate surface area is 106 Å². The van der Waals surface area contributed by atoms with Crippen molar-refractivity contribution in [1.82, 2.24) is 0 Å². The normalized spacial score (nSPS) is 25.9. The summed E-state index contributed by atoms with van der Waals surface area (Å²) in [7, 11) is 0. The van der Waals surface area contributed by atoms with Crippen LogP contribution in [0.1, 0.15) is 65.7 Å². The monoisotopic (exact) mass is 239 g/mol. The lowest BCUT2D eigenvalue weighted by molar-refractivity contribution is -0.136. The number of hydrogen-bond donors (Lipinski definition) is 1. The molecule has 2 unspecified atom stereocenters. The van der Waals surface area contributed by atoms with Gasteiger partial charge in [0.05, 0.1) is 0 Å². The molecule has 1 aliphatic rings. The van der Waals surface area contributed by atoms with E-state index in [1.54, 1.807) is 0 Å². The van der Waals surface area contributed by atoms with Crippen molar-refractivity contribution in [1.29, 1.82) is 0 Å². The molecule has 2 N–H and O–H groups in total. The Hall–Kier alpha value is -0.370. The first-order valence-electron chi connectivity index (χ1n) is 7.39. The number of carbonyl (C=O) groups excluding carboxylic acids is 1. The van der Waals surface area contributed by atoms with Crippen LogP contribution in [0.3, 0.4) is 0 Å². The highest BCUT2D eigenvalue weighted by molar-refractivity contribution is 5.87. The molecule has 0 amide bonds. The van der Waals surface area contributed by atoms with Crippen molar-refractivity contribution in [3.63, 3.8) is 0 Å². The van der Waals surface area contributed by atoms with Gasteiger partial charge in [0.2, 0.25) is 0 Å². The summed E-state index contributed by atoms with van der Waals surface area (Å²) in [6.45, 7) is 6.96. The van der Waals surface area contributed by atoms with E-state index >= 15 is 0 Å². The van der Waals surface area contributed by atoms with Crippen LogP contribution >= 0.6 is 0 Å². The molecule has 0 aliphatic heterocycles. The van der Waals surface area contributed by atoms with E-state index in [1.807, 2.05) is 0 Å². The average Bonchev–Trinajstić information content (AvgIpc) is 2.41. The maximum Gasteiger partial charge on any atom is 0.143 e. The Kier molecular flexibility index (Phi) is 5.64. The van der Waals surface area contributed by atoms with Gasteiger partial charge in [-0.2, -0.15) is 0 Å². The standard InChI is InChI=1S/C15H29NO/c1-4-12-9-7-8-10-13(12)14(17)15(5-2,6-3)11-16/h12-13H,4-11,16H2,1-3H3. The lowest BCUT2D eigenvalue weighted by atomic mass is 9.66. The van der Waals surface area contributed by atoms with Crippen LogP contribution in [0.4, 0.5) is 0 Å². The molecule has 0 aromatic carbocycles. The molecule has 0 heterocycles. The number of rotatable bonds is 6. The molecule has 1 rings (SSSR count). The third-order valence-corrected chi connectivity index (χ3v) is 5.04. The molecule has 0 spiro atoms. The second-order valence-electron chi connectivity index (χ2n) is 5.62. The molecule has 0 aromatic heterocycles. The zero-order valence-corrected chi connectivity index (χ0v) is 11.8. The van der Waals surface area contributed by atoms with Crippen LogP contribution in [0, 0.1) is 17.3 Å². The molecule has 0 radical (unpaired) electrons. The number of nitrogens with two attached hydrogens (primary N) is 1. The first-order valence-corrected chi connectivity index (χ1v) is 7.39. The van der Waals surface area contributed by atoms with Gasteiger partial charge >= 0.3 is 0 Å². The lowest BCUT2D eigenvalue weighted by Gasteiger charge is -2.38. The van der Waals surface area contributed by atoms with Crippen LogP contribution in [0.15, 0.2) is 0 Å². The van der Waals surface area contributed by atoms with Crippen molar-refractivity contribution < 1.29 is 4.79 Å². The van der Waals surface area contributed by atoms with Gasteiger partial charge in [0.1, 0.15) is 5.78 Å². The molecular formula is C15H29NO. The van der Waals surface area contributed by atoms with E-state index in [-0.39, 0.29) is 11.3 Å². The Morgan fingerprint density at radius 2 is 1.76 bits per heavy atom. The van der Waals surface area contributed by atoms with Gasteiger partial charge < -0.3 is 5.73 Å². The summed E-state index contributed by atoms with van der Waals surface area (Å²) in [6.07, 6.45) is 7.79. The van der Waals surface area contributed by atoms with Crippen LogP contribution in [-0.4, -0.2) is 12.3 Å². The fourth-order valence-corrected chi connectivity index (χ4v) is 3.42. The van der Waals surface area contributed by atoms with E-state index in [9.17, 15) is 4.79 Å². The second kappa shape index (κ2) is 6.53. The van der Waals surface area contributed by atoms with Crippen LogP contribution in [0.5, 0.6) is 0 Å². The van der Waals surface area contributed by atoms with E-state index in [4.69, 9.17) is 5.73 Å². The average molecular weight is 239 g/mol. The summed E-state index contributed by atoms with van der Waals surface area (Å²) in [5, 5.41) is 0. The third kappa shape index (κ3) is 2.90. The Morgan fingerprint density at radius 3 is 2.24 bits per heavy atom. The third-order valence-electron chi connectivity index (χ3n) is 5.04. The van der Waals surface area contributed by atoms with Gasteiger partial charge in [-0.3, -0.25) is 4.79 Å². The maximum atomic E-state index is 12.8. The molecule has 0 bridgehead atoms. The highest BCUT2D eigenvalue weighted by Gasteiger charge is 2.41. The second-order valence-corrected chi connectivity index (χ2v) is 5.62. The van der Waals surface area contributed by atoms with Gasteiger partial charge in [0, 0.05) is 17.9 Å². The number of carbonyl (C=O) groups is 1. The molecule has 17 heavy (non-hydrogen) atoms. The molecule has 2 nitrogen and oxygen atoms in total. The van der Waals surface area contributed by atoms with Crippen LogP contribution < -0.4 is 5.73 Å². The molecule has 100 valence electrons. The zero-order chi connectivity index (χ0) is 12.9. The minimum Gasteiger partial charge on any atom is -0.329 e. The summed E-state index contributed by atoms with van der Waals surface area (Å²) in [5.41, 5.74) is 5.66. The summed E-state index contributed by atoms with van der Waals surface area (Å²) >= 11 is 0. The number of ketones is 1. The Morgan fingerprint density at radius 1 is 1.18 bits per heavy atom. The van der Waals surface area contributed by atoms with Crippen LogP contribution in [0.25, 0.3) is 0 Å². The molecule has 0 aromatic rings. The first kappa shape index (κ1) is 14.7. The molecule has 1 saturated carbocycles. The number of Topliss-reactive ketones (excluding diaryl/α,β-unsaturated/α-hetero) is 1. The van der Waals surface area contributed by atoms with Gasteiger partial charge in [0.15, 0.2) is 0 Å². The number of hydrogen-bond acceptors (Lipinski definition) is 2. The van der Waals surface area contributed by atoms with E-state index in [0.717, 1.165) is 25.7 Å². The van der Waals surface area contributed by atoms with Crippen molar-refractivity contribution in [2.75, 3.05) is 6.54 Å². The van der Waals surface area contributed by atoms with Crippen molar-refractivity contribution in [2.45, 2.75) is 65.7 Å². The van der Waals surface area contributed by atoms with Gasteiger partial charge in [-0.15, -0.1) is 0 Å². The van der Waals surface area contributed by atoms with Crippen molar-refractivity contribution >= 4 is 5.78 Å². The van der Waals surface area contributed by atoms with Crippen molar-refractivity contribution in [2.24, 2.45) is 23.0 Å². The summed E-state index contributed by atoms with van der Waals surface area (Å²) in [6, 6.07) is 0. The van der Waals surface area contributed by atoms with E-state index in [2.05, 4.69) is 20.8 Å². The maximum absolute atomic E-state index is 12.8. The largest absolute Gasteiger partial charge is 0.329 e. The van der Waals surface area contributed by atoms with Gasteiger partial charge in [-0.05, 0) is 31.6 Å². The summed E-state index contributed by atoms with van der Waals surface area (Å²) in [5.74, 6) is 1.37. The first-order chi connectivity index (χ1) is 8.15. The molecule has 1 aliphatic carbocycles. The van der Waals surface area contributed by atoms with Crippen molar-refractivity contribution in [3.05, 3.63) is 0 Å². The molecule has 2 atom stereocenters. The molecule has 2 heteroatoms. The SMILES string of the molecule is CCC1CCCCC1C(=O)C(CC)(CC)CN. The Bertz CT molecular complexity index is 237. The Balaban J connectivity index is 2.84. The highest BCUT2D eigenvalue weighted by Crippen LogP contribution is 2.39. The van der Waals surface area contributed by atoms with Gasteiger partial charge in [0.25, 0.3) is 0 Å². The topological polar surface area (TPSA) is 43.1 Å². The van der Waals surface area contributed by atoms with Crippen molar-refractivity contribution in [3.8, 4) is 0 Å². The molecule has 1 fully saturated rings. The smallest absolute Gasteiger partial charge is 0.143 e.